The van der Waals surface area contributed by atoms with Gasteiger partial charge in [-0.05, 0) is 42.5 Å². The van der Waals surface area contributed by atoms with Crippen LogP contribution in [0, 0.1) is 5.82 Å². The average Bonchev–Trinajstić information content (AvgIpc) is 3.51. The fraction of sp³-hybridized carbons (Fsp3) is 0.160. The van der Waals surface area contributed by atoms with Gasteiger partial charge in [-0.15, -0.1) is 11.3 Å². The first-order chi connectivity index (χ1) is 17.9. The van der Waals surface area contributed by atoms with E-state index in [-0.39, 0.29) is 10.7 Å². The van der Waals surface area contributed by atoms with E-state index in [1.807, 2.05) is 26.9 Å². The predicted molar refractivity (Wildman–Crippen MR) is 142 cm³/mol. The molecule has 3 aromatic heterocycles. The molecule has 1 aliphatic heterocycles. The predicted octanol–water partition coefficient (Wildman–Crippen LogP) is 4.82. The first-order valence-corrected chi connectivity index (χ1v) is 14.2. The van der Waals surface area contributed by atoms with Crippen molar-refractivity contribution < 1.29 is 12.8 Å². The van der Waals surface area contributed by atoms with Gasteiger partial charge in [0, 0.05) is 54.5 Å². The van der Waals surface area contributed by atoms with E-state index in [4.69, 9.17) is 21.6 Å². The molecule has 0 spiro atoms. The first-order valence-electron chi connectivity index (χ1n) is 11.5. The Kier molecular flexibility index (Phi) is 6.15. The van der Waals surface area contributed by atoms with Crippen molar-refractivity contribution in [3.05, 3.63) is 83.2 Å². The summed E-state index contributed by atoms with van der Waals surface area (Å²) in [5.74, 6) is 0.158. The van der Waals surface area contributed by atoms with Crippen LogP contribution in [0.1, 0.15) is 0 Å². The van der Waals surface area contributed by atoms with Gasteiger partial charge in [-0.25, -0.2) is 27.8 Å². The highest BCUT2D eigenvalue weighted by atomic mass is 35.5. The molecule has 0 unspecified atom stereocenters. The van der Waals surface area contributed by atoms with E-state index >= 15 is 0 Å². The fourth-order valence-corrected chi connectivity index (χ4v) is 6.65. The van der Waals surface area contributed by atoms with E-state index in [2.05, 4.69) is 4.98 Å². The van der Waals surface area contributed by atoms with Crippen LogP contribution in [0.5, 0.6) is 0 Å². The number of piperazine rings is 1. The van der Waals surface area contributed by atoms with Crippen molar-refractivity contribution >= 4 is 43.9 Å². The summed E-state index contributed by atoms with van der Waals surface area (Å²) in [5, 5.41) is 2.42. The number of nitrogens with zero attached hydrogens (tertiary/aromatic N) is 6. The molecule has 4 heterocycles. The van der Waals surface area contributed by atoms with Gasteiger partial charge in [0.05, 0.1) is 16.3 Å². The van der Waals surface area contributed by atoms with Crippen molar-refractivity contribution in [1.29, 1.82) is 0 Å². The number of anilines is 1. The summed E-state index contributed by atoms with van der Waals surface area (Å²) >= 11 is 7.39. The highest BCUT2D eigenvalue weighted by molar-refractivity contribution is 7.89. The fourth-order valence-electron chi connectivity index (χ4n) is 4.38. The average molecular weight is 555 g/mol. The van der Waals surface area contributed by atoms with Gasteiger partial charge in [0.15, 0.2) is 4.96 Å². The van der Waals surface area contributed by atoms with Crippen LogP contribution in [0.25, 0.3) is 27.6 Å². The second-order valence-corrected chi connectivity index (χ2v) is 11.7. The molecule has 0 radical (unpaired) electrons. The number of rotatable bonds is 5. The van der Waals surface area contributed by atoms with Crippen molar-refractivity contribution in [3.63, 3.8) is 0 Å². The lowest BCUT2D eigenvalue weighted by atomic mass is 10.1. The van der Waals surface area contributed by atoms with E-state index < -0.39 is 10.0 Å². The molecule has 0 amide bonds. The Morgan fingerprint density at radius 3 is 2.51 bits per heavy atom. The zero-order chi connectivity index (χ0) is 25.6. The Morgan fingerprint density at radius 2 is 1.76 bits per heavy atom. The third-order valence-electron chi connectivity index (χ3n) is 6.22. The van der Waals surface area contributed by atoms with Crippen molar-refractivity contribution in [2.24, 2.45) is 0 Å². The van der Waals surface area contributed by atoms with Gasteiger partial charge in [-0.2, -0.15) is 4.31 Å². The zero-order valence-corrected chi connectivity index (χ0v) is 21.7. The van der Waals surface area contributed by atoms with Crippen molar-refractivity contribution in [2.75, 3.05) is 31.1 Å². The number of thiazole rings is 1. The third kappa shape index (κ3) is 4.48. The van der Waals surface area contributed by atoms with Crippen LogP contribution in [0.4, 0.5) is 10.3 Å². The maximum atomic E-state index is 14.0. The smallest absolute Gasteiger partial charge is 0.243 e. The number of fused-ring (bicyclic) bond motifs is 1. The SMILES string of the molecule is O=S(=O)(c1ccc(Cl)cc1)N1CCN(c2nccc(-c3c(-c4cccc(F)c4)nc4sccn34)n2)CC1. The summed E-state index contributed by atoms with van der Waals surface area (Å²) in [6.07, 6.45) is 3.59. The van der Waals surface area contributed by atoms with E-state index in [1.54, 1.807) is 30.5 Å². The minimum atomic E-state index is -3.62. The summed E-state index contributed by atoms with van der Waals surface area (Å²) < 4.78 is 43.5. The van der Waals surface area contributed by atoms with Gasteiger partial charge in [0.1, 0.15) is 11.5 Å². The molecule has 1 fully saturated rings. The molecular weight excluding hydrogens is 535 g/mol. The normalized spacial score (nSPS) is 14.9. The van der Waals surface area contributed by atoms with Gasteiger partial charge >= 0.3 is 0 Å². The molecule has 0 aliphatic carbocycles. The summed E-state index contributed by atoms with van der Waals surface area (Å²) in [6, 6.07) is 14.3. The Bertz CT molecular complexity index is 1700. The third-order valence-corrected chi connectivity index (χ3v) is 9.14. The second kappa shape index (κ2) is 9.49. The Labute approximate surface area is 221 Å². The van der Waals surface area contributed by atoms with Crippen LogP contribution in [0.3, 0.4) is 0 Å². The van der Waals surface area contributed by atoms with Gasteiger partial charge < -0.3 is 4.90 Å². The first kappa shape index (κ1) is 24.0. The Hall–Kier alpha value is -3.38. The molecule has 0 atom stereocenters. The van der Waals surface area contributed by atoms with Crippen LogP contribution < -0.4 is 4.90 Å². The van der Waals surface area contributed by atoms with Gasteiger partial charge in [-0.1, -0.05) is 23.7 Å². The molecule has 0 saturated carbocycles. The molecule has 12 heteroatoms. The molecule has 8 nitrogen and oxygen atoms in total. The van der Waals surface area contributed by atoms with Crippen molar-refractivity contribution in [2.45, 2.75) is 4.90 Å². The van der Waals surface area contributed by atoms with Crippen LogP contribution in [-0.2, 0) is 10.0 Å². The zero-order valence-electron chi connectivity index (χ0n) is 19.3. The van der Waals surface area contributed by atoms with E-state index in [0.717, 1.165) is 10.7 Å². The van der Waals surface area contributed by atoms with Gasteiger partial charge in [0.25, 0.3) is 0 Å². The summed E-state index contributed by atoms with van der Waals surface area (Å²) in [5.41, 5.74) is 2.68. The molecule has 188 valence electrons. The molecule has 1 saturated heterocycles. The maximum Gasteiger partial charge on any atom is 0.243 e. The highest BCUT2D eigenvalue weighted by Crippen LogP contribution is 2.34. The van der Waals surface area contributed by atoms with Crippen LogP contribution in [0.15, 0.2) is 77.3 Å². The standard InChI is InChI=1S/C25H20ClFN6O2S2/c26-18-4-6-20(7-5-18)37(34,35)32-12-10-31(11-13-32)24-28-9-8-21(29-24)23-22(17-2-1-3-19(27)16-17)30-25-33(23)14-15-36-25/h1-9,14-16H,10-13H2. The number of halogens is 2. The highest BCUT2D eigenvalue weighted by Gasteiger charge is 2.29. The van der Waals surface area contributed by atoms with Crippen LogP contribution in [-0.4, -0.2) is 58.3 Å². The van der Waals surface area contributed by atoms with Crippen molar-refractivity contribution in [1.82, 2.24) is 23.7 Å². The minimum absolute atomic E-state index is 0.217. The lowest BCUT2D eigenvalue weighted by Crippen LogP contribution is -2.49. The number of hydrogen-bond donors (Lipinski definition) is 0. The topological polar surface area (TPSA) is 83.7 Å². The van der Waals surface area contributed by atoms with Crippen molar-refractivity contribution in [3.8, 4) is 22.6 Å². The lowest BCUT2D eigenvalue weighted by Gasteiger charge is -2.34. The Morgan fingerprint density at radius 1 is 0.973 bits per heavy atom. The molecule has 5 aromatic rings. The largest absolute Gasteiger partial charge is 0.338 e. The monoisotopic (exact) mass is 554 g/mol. The van der Waals surface area contributed by atoms with E-state index in [0.29, 0.717) is 54.1 Å². The number of hydrogen-bond acceptors (Lipinski definition) is 7. The molecule has 2 aromatic carbocycles. The van der Waals surface area contributed by atoms with Crippen LogP contribution >= 0.6 is 22.9 Å². The molecule has 37 heavy (non-hydrogen) atoms. The molecule has 1 aliphatic rings. The molecule has 0 N–H and O–H groups in total. The number of sulfonamides is 1. The maximum absolute atomic E-state index is 14.0. The van der Waals surface area contributed by atoms with E-state index in [1.165, 1.54) is 39.9 Å². The van der Waals surface area contributed by atoms with Gasteiger partial charge in [0.2, 0.25) is 16.0 Å². The van der Waals surface area contributed by atoms with E-state index in [9.17, 15) is 12.8 Å². The number of benzene rings is 2. The molecular formula is C25H20ClFN6O2S2. The Balaban J connectivity index is 1.28. The summed E-state index contributed by atoms with van der Waals surface area (Å²) in [4.78, 5) is 17.0. The summed E-state index contributed by atoms with van der Waals surface area (Å²) in [6.45, 7) is 1.48. The second-order valence-electron chi connectivity index (χ2n) is 8.46. The van der Waals surface area contributed by atoms with Crippen LogP contribution in [0.2, 0.25) is 5.02 Å². The lowest BCUT2D eigenvalue weighted by molar-refractivity contribution is 0.382. The summed E-state index contributed by atoms with van der Waals surface area (Å²) in [7, 11) is -3.62. The van der Waals surface area contributed by atoms with Gasteiger partial charge in [-0.3, -0.25) is 4.40 Å². The molecule has 0 bridgehead atoms. The quantitative estimate of drug-likeness (QED) is 0.310. The number of aromatic nitrogens is 4. The number of imidazole rings is 1. The molecule has 6 rings (SSSR count). The minimum Gasteiger partial charge on any atom is -0.338 e.